The van der Waals surface area contributed by atoms with Gasteiger partial charge in [0.25, 0.3) is 0 Å². The second kappa shape index (κ2) is 6.71. The highest BCUT2D eigenvalue weighted by atomic mass is 19.1. The molecule has 1 fully saturated rings. The molecule has 0 atom stereocenters. The Bertz CT molecular complexity index is 378. The molecule has 1 heterocycles. The van der Waals surface area contributed by atoms with Crippen LogP contribution in [0.2, 0.25) is 0 Å². The fourth-order valence-electron chi connectivity index (χ4n) is 2.04. The zero-order valence-corrected chi connectivity index (χ0v) is 10.7. The summed E-state index contributed by atoms with van der Waals surface area (Å²) >= 11 is 0. The first kappa shape index (κ1) is 13.3. The van der Waals surface area contributed by atoms with Crippen molar-refractivity contribution in [3.05, 3.63) is 29.6 Å². The molecule has 1 aliphatic heterocycles. The van der Waals surface area contributed by atoms with Crippen LogP contribution in [0.3, 0.4) is 0 Å². The Morgan fingerprint density at radius 1 is 1.39 bits per heavy atom. The second-order valence-electron chi connectivity index (χ2n) is 4.44. The van der Waals surface area contributed by atoms with Crippen LogP contribution in [0.15, 0.2) is 18.2 Å². The molecule has 1 N–H and O–H groups in total. The molecule has 2 rings (SSSR count). The van der Waals surface area contributed by atoms with Gasteiger partial charge in [0, 0.05) is 24.9 Å². The van der Waals surface area contributed by atoms with Crippen molar-refractivity contribution in [3.63, 3.8) is 0 Å². The summed E-state index contributed by atoms with van der Waals surface area (Å²) in [6.07, 6.45) is 1.72. The van der Waals surface area contributed by atoms with E-state index >= 15 is 0 Å². The molecule has 0 amide bonds. The Hall–Kier alpha value is -1.13. The predicted molar refractivity (Wildman–Crippen MR) is 68.2 cm³/mol. The molecule has 4 heteroatoms. The van der Waals surface area contributed by atoms with Gasteiger partial charge in [0.2, 0.25) is 0 Å². The smallest absolute Gasteiger partial charge is 0.165 e. The second-order valence-corrected chi connectivity index (χ2v) is 4.44. The minimum atomic E-state index is -0.281. The zero-order valence-electron chi connectivity index (χ0n) is 10.7. The van der Waals surface area contributed by atoms with Gasteiger partial charge in [0.1, 0.15) is 6.10 Å². The molecule has 18 heavy (non-hydrogen) atoms. The molecule has 3 nitrogen and oxygen atoms in total. The highest BCUT2D eigenvalue weighted by Crippen LogP contribution is 2.26. The third-order valence-electron chi connectivity index (χ3n) is 3.07. The molecule has 0 saturated carbocycles. The van der Waals surface area contributed by atoms with Crippen molar-refractivity contribution in [2.75, 3.05) is 19.8 Å². The molecule has 0 unspecified atom stereocenters. The van der Waals surface area contributed by atoms with Gasteiger partial charge in [0.05, 0.1) is 13.2 Å². The van der Waals surface area contributed by atoms with Gasteiger partial charge in [-0.15, -0.1) is 0 Å². The quantitative estimate of drug-likeness (QED) is 0.874. The maximum Gasteiger partial charge on any atom is 0.165 e. The van der Waals surface area contributed by atoms with Crippen LogP contribution in [0, 0.1) is 5.82 Å². The number of halogens is 1. The Labute approximate surface area is 107 Å². The van der Waals surface area contributed by atoms with Gasteiger partial charge in [0.15, 0.2) is 11.6 Å². The van der Waals surface area contributed by atoms with Crippen LogP contribution in [-0.4, -0.2) is 25.9 Å². The molecule has 0 bridgehead atoms. The van der Waals surface area contributed by atoms with Crippen molar-refractivity contribution >= 4 is 0 Å². The summed E-state index contributed by atoms with van der Waals surface area (Å²) < 4.78 is 24.9. The summed E-state index contributed by atoms with van der Waals surface area (Å²) in [5.74, 6) is 0.113. The number of benzene rings is 1. The lowest BCUT2D eigenvalue weighted by Crippen LogP contribution is -2.27. The van der Waals surface area contributed by atoms with Crippen molar-refractivity contribution in [1.29, 1.82) is 0 Å². The maximum absolute atomic E-state index is 13.8. The number of hydrogen-bond donors (Lipinski definition) is 1. The van der Waals surface area contributed by atoms with Gasteiger partial charge in [-0.25, -0.2) is 4.39 Å². The number of para-hydroxylation sites is 1. The van der Waals surface area contributed by atoms with Crippen LogP contribution >= 0.6 is 0 Å². The molecule has 1 aliphatic rings. The number of nitrogens with one attached hydrogen (secondary N) is 1. The van der Waals surface area contributed by atoms with Crippen LogP contribution in [0.1, 0.15) is 25.3 Å². The Morgan fingerprint density at radius 3 is 2.89 bits per heavy atom. The highest BCUT2D eigenvalue weighted by Gasteiger charge is 2.19. The highest BCUT2D eigenvalue weighted by molar-refractivity contribution is 5.35. The monoisotopic (exact) mass is 253 g/mol. The summed E-state index contributed by atoms with van der Waals surface area (Å²) in [4.78, 5) is 0. The van der Waals surface area contributed by atoms with Crippen molar-refractivity contribution in [1.82, 2.24) is 5.32 Å². The molecule has 0 spiro atoms. The lowest BCUT2D eigenvalue weighted by molar-refractivity contribution is 0.0236. The van der Waals surface area contributed by atoms with Crippen LogP contribution in [-0.2, 0) is 11.3 Å². The summed E-state index contributed by atoms with van der Waals surface area (Å²) in [6, 6.07) is 5.07. The van der Waals surface area contributed by atoms with Crippen LogP contribution < -0.4 is 10.1 Å². The standard InChI is InChI=1S/C14H20FNO2/c1-2-16-10-11-4-3-5-13(15)14(11)18-12-6-8-17-9-7-12/h3-5,12,16H,2,6-10H2,1H3. The Morgan fingerprint density at radius 2 is 2.17 bits per heavy atom. The average Bonchev–Trinajstić information content (AvgIpc) is 2.41. The third-order valence-corrected chi connectivity index (χ3v) is 3.07. The first-order chi connectivity index (χ1) is 8.81. The van der Waals surface area contributed by atoms with Gasteiger partial charge in [-0.1, -0.05) is 19.1 Å². The third kappa shape index (κ3) is 3.43. The molecular formula is C14H20FNO2. The van der Waals surface area contributed by atoms with E-state index in [2.05, 4.69) is 5.32 Å². The van der Waals surface area contributed by atoms with Gasteiger partial charge < -0.3 is 14.8 Å². The summed E-state index contributed by atoms with van der Waals surface area (Å²) in [6.45, 7) is 4.90. The predicted octanol–water partition coefficient (Wildman–Crippen LogP) is 2.49. The van der Waals surface area contributed by atoms with Gasteiger partial charge in [-0.05, 0) is 12.6 Å². The van der Waals surface area contributed by atoms with E-state index in [4.69, 9.17) is 9.47 Å². The van der Waals surface area contributed by atoms with Crippen molar-refractivity contribution in [2.45, 2.75) is 32.4 Å². The van der Waals surface area contributed by atoms with Crippen LogP contribution in [0.5, 0.6) is 5.75 Å². The molecule has 0 aliphatic carbocycles. The topological polar surface area (TPSA) is 30.5 Å². The molecule has 100 valence electrons. The maximum atomic E-state index is 13.8. The molecule has 0 radical (unpaired) electrons. The lowest BCUT2D eigenvalue weighted by Gasteiger charge is -2.24. The lowest BCUT2D eigenvalue weighted by atomic mass is 10.1. The van der Waals surface area contributed by atoms with Crippen molar-refractivity contribution < 1.29 is 13.9 Å². The fraction of sp³-hybridized carbons (Fsp3) is 0.571. The van der Waals surface area contributed by atoms with E-state index in [1.807, 2.05) is 13.0 Å². The van der Waals surface area contributed by atoms with Crippen molar-refractivity contribution in [3.8, 4) is 5.75 Å². The van der Waals surface area contributed by atoms with E-state index in [1.165, 1.54) is 6.07 Å². The molecular weight excluding hydrogens is 233 g/mol. The van der Waals surface area contributed by atoms with E-state index in [1.54, 1.807) is 6.07 Å². The SMILES string of the molecule is CCNCc1cccc(F)c1OC1CCOCC1. The summed E-state index contributed by atoms with van der Waals surface area (Å²) in [5.41, 5.74) is 0.878. The van der Waals surface area contributed by atoms with E-state index < -0.39 is 0 Å². The van der Waals surface area contributed by atoms with E-state index in [9.17, 15) is 4.39 Å². The van der Waals surface area contributed by atoms with Gasteiger partial charge in [-0.2, -0.15) is 0 Å². The van der Waals surface area contributed by atoms with E-state index in [0.717, 1.165) is 24.9 Å². The molecule has 0 aromatic heterocycles. The largest absolute Gasteiger partial charge is 0.487 e. The summed E-state index contributed by atoms with van der Waals surface area (Å²) in [7, 11) is 0. The van der Waals surface area contributed by atoms with Gasteiger partial charge in [-0.3, -0.25) is 0 Å². The minimum absolute atomic E-state index is 0.0658. The van der Waals surface area contributed by atoms with Crippen LogP contribution in [0.4, 0.5) is 4.39 Å². The minimum Gasteiger partial charge on any atom is -0.487 e. The fourth-order valence-corrected chi connectivity index (χ4v) is 2.04. The Kier molecular flexibility index (Phi) is 4.96. The summed E-state index contributed by atoms with van der Waals surface area (Å²) in [5, 5.41) is 3.20. The average molecular weight is 253 g/mol. The number of ether oxygens (including phenoxy) is 2. The normalized spacial score (nSPS) is 16.8. The van der Waals surface area contributed by atoms with Crippen molar-refractivity contribution in [2.24, 2.45) is 0 Å². The first-order valence-electron chi connectivity index (χ1n) is 6.53. The first-order valence-corrected chi connectivity index (χ1v) is 6.53. The zero-order chi connectivity index (χ0) is 12.8. The molecule has 1 saturated heterocycles. The van der Waals surface area contributed by atoms with E-state index in [-0.39, 0.29) is 11.9 Å². The number of rotatable bonds is 5. The van der Waals surface area contributed by atoms with Crippen LogP contribution in [0.25, 0.3) is 0 Å². The van der Waals surface area contributed by atoms with Gasteiger partial charge >= 0.3 is 0 Å². The molecule has 1 aromatic carbocycles. The van der Waals surface area contributed by atoms with E-state index in [0.29, 0.717) is 25.5 Å². The molecule has 1 aromatic rings. The number of hydrogen-bond acceptors (Lipinski definition) is 3. The Balaban J connectivity index is 2.08.